The van der Waals surface area contributed by atoms with Crippen LogP contribution in [0.5, 0.6) is 0 Å². The van der Waals surface area contributed by atoms with E-state index in [9.17, 15) is 10.5 Å². The average Bonchev–Trinajstić information content (AvgIpc) is 2.68. The highest BCUT2D eigenvalue weighted by atomic mass is 35.5. The van der Waals surface area contributed by atoms with Crippen LogP contribution >= 0.6 is 11.6 Å². The van der Waals surface area contributed by atoms with Gasteiger partial charge in [-0.25, -0.2) is 0 Å². The number of aryl methyl sites for hydroxylation is 1. The summed E-state index contributed by atoms with van der Waals surface area (Å²) in [4.78, 5) is 4.52. The summed E-state index contributed by atoms with van der Waals surface area (Å²) in [5.74, 6) is 0. The highest BCUT2D eigenvalue weighted by Gasteiger charge is 2.49. The van der Waals surface area contributed by atoms with Crippen molar-refractivity contribution in [1.82, 2.24) is 0 Å². The highest BCUT2D eigenvalue weighted by molar-refractivity contribution is 6.30. The van der Waals surface area contributed by atoms with Crippen LogP contribution in [0.3, 0.4) is 0 Å². The molecule has 2 aromatic carbocycles. The van der Waals surface area contributed by atoms with Gasteiger partial charge in [0.15, 0.2) is 5.41 Å². The van der Waals surface area contributed by atoms with Crippen LogP contribution in [0.2, 0.25) is 5.02 Å². The van der Waals surface area contributed by atoms with Crippen LogP contribution in [-0.4, -0.2) is 25.7 Å². The molecule has 2 aliphatic heterocycles. The minimum Gasteiger partial charge on any atom is -0.367 e. The zero-order chi connectivity index (χ0) is 18.3. The lowest BCUT2D eigenvalue weighted by Crippen LogP contribution is -2.62. The molecule has 1 fully saturated rings. The second-order valence-corrected chi connectivity index (χ2v) is 7.52. The van der Waals surface area contributed by atoms with Crippen LogP contribution in [0.25, 0.3) is 0 Å². The third-order valence-electron chi connectivity index (χ3n) is 5.63. The van der Waals surface area contributed by atoms with E-state index in [4.69, 9.17) is 11.6 Å². The second kappa shape index (κ2) is 6.24. The number of piperazine rings is 1. The average molecular weight is 363 g/mol. The van der Waals surface area contributed by atoms with Gasteiger partial charge in [0.25, 0.3) is 0 Å². The van der Waals surface area contributed by atoms with Gasteiger partial charge in [-0.3, -0.25) is 0 Å². The van der Waals surface area contributed by atoms with Crippen molar-refractivity contribution in [3.05, 3.63) is 58.6 Å². The lowest BCUT2D eigenvalue weighted by molar-refractivity contribution is 0.339. The number of nitriles is 2. The van der Waals surface area contributed by atoms with Gasteiger partial charge in [0, 0.05) is 42.5 Å². The first-order chi connectivity index (χ1) is 12.6. The van der Waals surface area contributed by atoms with Crippen LogP contribution in [0.15, 0.2) is 42.5 Å². The molecule has 0 aromatic heterocycles. The molecule has 1 saturated heterocycles. The van der Waals surface area contributed by atoms with Crippen LogP contribution in [0, 0.1) is 35.0 Å². The Balaban J connectivity index is 1.76. The Hall–Kier alpha value is -2.69. The summed E-state index contributed by atoms with van der Waals surface area (Å²) in [7, 11) is 0. The van der Waals surface area contributed by atoms with E-state index >= 15 is 0 Å². The maximum atomic E-state index is 9.92. The van der Waals surface area contributed by atoms with Crippen LogP contribution < -0.4 is 9.80 Å². The molecule has 0 radical (unpaired) electrons. The molecule has 130 valence electrons. The fraction of sp³-hybridized carbons (Fsp3) is 0.333. The fourth-order valence-electron chi connectivity index (χ4n) is 4.25. The lowest BCUT2D eigenvalue weighted by Gasteiger charge is -2.51. The van der Waals surface area contributed by atoms with E-state index in [1.54, 1.807) is 0 Å². The third-order valence-corrected chi connectivity index (χ3v) is 5.87. The van der Waals surface area contributed by atoms with Crippen molar-refractivity contribution in [1.29, 1.82) is 10.5 Å². The van der Waals surface area contributed by atoms with E-state index in [0.29, 0.717) is 18.0 Å². The molecule has 0 N–H and O–H groups in total. The first kappa shape index (κ1) is 16.8. The molecule has 2 aromatic rings. The normalized spacial score (nSPS) is 20.5. The molecule has 2 heterocycles. The van der Waals surface area contributed by atoms with Gasteiger partial charge in [0.1, 0.15) is 0 Å². The monoisotopic (exact) mass is 362 g/mol. The third kappa shape index (κ3) is 2.50. The minimum absolute atomic E-state index is 0.167. The van der Waals surface area contributed by atoms with Gasteiger partial charge in [-0.2, -0.15) is 10.5 Å². The summed E-state index contributed by atoms with van der Waals surface area (Å²) < 4.78 is 0. The van der Waals surface area contributed by atoms with Crippen LogP contribution in [0.4, 0.5) is 11.4 Å². The SMILES string of the molecule is Cc1ccc(Cl)cc1N1CCN2c3ccccc3CC(C#N)(C#N)C2C1. The number of nitrogens with zero attached hydrogens (tertiary/aromatic N) is 4. The van der Waals surface area contributed by atoms with E-state index in [0.717, 1.165) is 35.6 Å². The van der Waals surface area contributed by atoms with Gasteiger partial charge in [-0.1, -0.05) is 35.9 Å². The van der Waals surface area contributed by atoms with E-state index in [-0.39, 0.29) is 6.04 Å². The van der Waals surface area contributed by atoms with Crippen molar-refractivity contribution in [2.75, 3.05) is 29.4 Å². The van der Waals surface area contributed by atoms with E-state index in [2.05, 4.69) is 34.9 Å². The van der Waals surface area contributed by atoms with Gasteiger partial charge >= 0.3 is 0 Å². The number of halogens is 1. The summed E-state index contributed by atoms with van der Waals surface area (Å²) in [6.07, 6.45) is 0.472. The van der Waals surface area contributed by atoms with Gasteiger partial charge < -0.3 is 9.80 Å². The number of hydrogen-bond donors (Lipinski definition) is 0. The zero-order valence-corrected chi connectivity index (χ0v) is 15.4. The quantitative estimate of drug-likeness (QED) is 0.771. The van der Waals surface area contributed by atoms with Crippen LogP contribution in [0.1, 0.15) is 11.1 Å². The number of para-hydroxylation sites is 1. The van der Waals surface area contributed by atoms with Crippen molar-refractivity contribution in [3.8, 4) is 12.1 Å². The van der Waals surface area contributed by atoms with Crippen molar-refractivity contribution in [2.45, 2.75) is 19.4 Å². The summed E-state index contributed by atoms with van der Waals surface area (Å²) in [5, 5.41) is 20.5. The second-order valence-electron chi connectivity index (χ2n) is 7.09. The molecule has 26 heavy (non-hydrogen) atoms. The van der Waals surface area contributed by atoms with Gasteiger partial charge in [-0.15, -0.1) is 0 Å². The fourth-order valence-corrected chi connectivity index (χ4v) is 4.41. The molecule has 1 atom stereocenters. The van der Waals surface area contributed by atoms with E-state index < -0.39 is 5.41 Å². The molecule has 5 heteroatoms. The van der Waals surface area contributed by atoms with Gasteiger partial charge in [0.2, 0.25) is 0 Å². The maximum absolute atomic E-state index is 9.92. The molecule has 4 nitrogen and oxygen atoms in total. The van der Waals surface area contributed by atoms with E-state index in [1.807, 2.05) is 36.4 Å². The Morgan fingerprint density at radius 2 is 1.85 bits per heavy atom. The summed E-state index contributed by atoms with van der Waals surface area (Å²) >= 11 is 6.21. The number of hydrogen-bond acceptors (Lipinski definition) is 4. The summed E-state index contributed by atoms with van der Waals surface area (Å²) in [6.45, 7) is 4.31. The first-order valence-corrected chi connectivity index (χ1v) is 9.14. The molecule has 1 unspecified atom stereocenters. The maximum Gasteiger partial charge on any atom is 0.169 e. The van der Waals surface area contributed by atoms with Crippen molar-refractivity contribution >= 4 is 23.0 Å². The number of rotatable bonds is 1. The molecular weight excluding hydrogens is 344 g/mol. The molecular formula is C21H19ClN4. The smallest absolute Gasteiger partial charge is 0.169 e. The van der Waals surface area contributed by atoms with Crippen molar-refractivity contribution in [2.24, 2.45) is 5.41 Å². The molecule has 2 aliphatic rings. The molecule has 0 amide bonds. The van der Waals surface area contributed by atoms with Gasteiger partial charge in [-0.05, 0) is 36.2 Å². The summed E-state index contributed by atoms with van der Waals surface area (Å²) in [6, 6.07) is 18.5. The predicted molar refractivity (Wildman–Crippen MR) is 103 cm³/mol. The first-order valence-electron chi connectivity index (χ1n) is 8.76. The Kier molecular flexibility index (Phi) is 4.02. The number of fused-ring (bicyclic) bond motifs is 3. The van der Waals surface area contributed by atoms with Crippen molar-refractivity contribution in [3.63, 3.8) is 0 Å². The molecule has 0 bridgehead atoms. The standard InChI is InChI=1S/C21H19ClN4/c1-15-6-7-17(22)10-19(15)25-8-9-26-18-5-3-2-4-16(18)11-21(13-23,14-24)20(26)12-25/h2-7,10,20H,8-9,11-12H2,1H3. The molecule has 0 aliphatic carbocycles. The van der Waals surface area contributed by atoms with Crippen LogP contribution in [-0.2, 0) is 6.42 Å². The van der Waals surface area contributed by atoms with E-state index in [1.165, 1.54) is 0 Å². The number of anilines is 2. The molecule has 0 spiro atoms. The summed E-state index contributed by atoms with van der Waals surface area (Å²) in [5.41, 5.74) is 3.43. The Morgan fingerprint density at radius 3 is 2.62 bits per heavy atom. The molecule has 4 rings (SSSR count). The van der Waals surface area contributed by atoms with Crippen molar-refractivity contribution < 1.29 is 0 Å². The Bertz CT molecular complexity index is 926. The Morgan fingerprint density at radius 1 is 1.08 bits per heavy atom. The minimum atomic E-state index is -1.04. The lowest BCUT2D eigenvalue weighted by atomic mass is 9.72. The highest BCUT2D eigenvalue weighted by Crippen LogP contribution is 2.43. The topological polar surface area (TPSA) is 54.1 Å². The van der Waals surface area contributed by atoms with Gasteiger partial charge in [0.05, 0.1) is 18.2 Å². The zero-order valence-electron chi connectivity index (χ0n) is 14.6. The predicted octanol–water partition coefficient (Wildman–Crippen LogP) is 3.93. The Labute approximate surface area is 158 Å². The largest absolute Gasteiger partial charge is 0.367 e. The number of benzene rings is 2. The molecule has 0 saturated carbocycles.